The average molecular weight is 660 g/mol. The molecule has 3 aliphatic carbocycles. The SMILES string of the molecule is O=C(N[C@@H](COP(=O)(OC[C@H](NC(=O)C1CC1)c1ccccc1)OC[C@H](NC(=O)C1CC1)c1ccccc1)c1ccccc1)C1CC1. The minimum Gasteiger partial charge on any atom is -0.347 e. The van der Waals surface area contributed by atoms with E-state index < -0.39 is 25.9 Å². The Bertz CT molecular complexity index is 1360. The lowest BCUT2D eigenvalue weighted by Gasteiger charge is -2.27. The molecule has 3 aliphatic rings. The van der Waals surface area contributed by atoms with Gasteiger partial charge in [-0.3, -0.25) is 28.0 Å². The fraction of sp³-hybridized carbons (Fsp3) is 0.417. The predicted molar refractivity (Wildman–Crippen MR) is 176 cm³/mol. The molecule has 47 heavy (non-hydrogen) atoms. The maximum absolute atomic E-state index is 14.5. The maximum Gasteiger partial charge on any atom is 0.475 e. The van der Waals surface area contributed by atoms with E-state index in [0.717, 1.165) is 55.2 Å². The van der Waals surface area contributed by atoms with E-state index in [-0.39, 0.29) is 55.3 Å². The molecule has 3 saturated carbocycles. The Morgan fingerprint density at radius 3 is 1.00 bits per heavy atom. The van der Waals surface area contributed by atoms with Crippen LogP contribution in [0.25, 0.3) is 0 Å². The summed E-state index contributed by atoms with van der Waals surface area (Å²) in [7, 11) is -4.35. The van der Waals surface area contributed by atoms with Crippen molar-refractivity contribution < 1.29 is 32.5 Å². The molecular weight excluding hydrogens is 617 g/mol. The van der Waals surface area contributed by atoms with Gasteiger partial charge in [0.2, 0.25) is 17.7 Å². The van der Waals surface area contributed by atoms with Gasteiger partial charge < -0.3 is 16.0 Å². The summed E-state index contributed by atoms with van der Waals surface area (Å²) in [6, 6.07) is 26.2. The topological polar surface area (TPSA) is 132 Å². The smallest absolute Gasteiger partial charge is 0.347 e. The second kappa shape index (κ2) is 15.4. The summed E-state index contributed by atoms with van der Waals surface area (Å²) in [5, 5.41) is 9.09. The summed E-state index contributed by atoms with van der Waals surface area (Å²) in [4.78, 5) is 38.4. The Morgan fingerprint density at radius 1 is 0.511 bits per heavy atom. The lowest BCUT2D eigenvalue weighted by Crippen LogP contribution is -2.34. The molecule has 11 heteroatoms. The summed E-state index contributed by atoms with van der Waals surface area (Å²) >= 11 is 0. The molecule has 0 unspecified atom stereocenters. The van der Waals surface area contributed by atoms with Crippen LogP contribution in [0, 0.1) is 17.8 Å². The highest BCUT2D eigenvalue weighted by Gasteiger charge is 2.37. The van der Waals surface area contributed by atoms with Gasteiger partial charge in [-0.1, -0.05) is 91.0 Å². The van der Waals surface area contributed by atoms with Gasteiger partial charge in [0, 0.05) is 17.8 Å². The van der Waals surface area contributed by atoms with Crippen LogP contribution in [0.1, 0.15) is 73.3 Å². The van der Waals surface area contributed by atoms with Crippen molar-refractivity contribution in [1.82, 2.24) is 16.0 Å². The fourth-order valence-electron chi connectivity index (χ4n) is 5.23. The molecule has 3 amide bonds. The van der Waals surface area contributed by atoms with Crippen molar-refractivity contribution >= 4 is 25.5 Å². The van der Waals surface area contributed by atoms with Crippen molar-refractivity contribution in [2.75, 3.05) is 19.8 Å². The zero-order valence-electron chi connectivity index (χ0n) is 26.3. The van der Waals surface area contributed by atoms with Crippen molar-refractivity contribution in [2.45, 2.75) is 56.7 Å². The molecule has 0 aliphatic heterocycles. The van der Waals surface area contributed by atoms with Crippen LogP contribution >= 0.6 is 7.82 Å². The number of phosphoric ester groups is 1. The normalized spacial score (nSPS) is 18.0. The second-order valence-corrected chi connectivity index (χ2v) is 14.2. The number of amides is 3. The minimum atomic E-state index is -4.35. The zero-order chi connectivity index (χ0) is 32.6. The van der Waals surface area contributed by atoms with Gasteiger partial charge in [-0.05, 0) is 55.2 Å². The molecule has 0 heterocycles. The summed E-state index contributed by atoms with van der Waals surface area (Å²) < 4.78 is 32.6. The van der Waals surface area contributed by atoms with Gasteiger partial charge >= 0.3 is 7.82 Å². The Hall–Kier alpha value is -3.82. The van der Waals surface area contributed by atoms with Crippen molar-refractivity contribution in [3.63, 3.8) is 0 Å². The van der Waals surface area contributed by atoms with Gasteiger partial charge in [0.05, 0.1) is 37.9 Å². The van der Waals surface area contributed by atoms with Gasteiger partial charge in [0.1, 0.15) is 0 Å². The standard InChI is InChI=1S/C36H42N3O7P/c40-34(28-16-17-28)37-31(25-10-4-1-5-11-25)22-44-47(43,45-23-32(26-12-6-2-7-13-26)38-35(41)29-18-19-29)46-24-33(27-14-8-3-9-15-27)39-36(42)30-20-21-30/h1-15,28-33H,16-24H2,(H,37,40)(H,38,41)(H,39,42)/t31-,32-,33-/m0/s1. The third-order valence-electron chi connectivity index (χ3n) is 8.60. The largest absolute Gasteiger partial charge is 0.475 e. The van der Waals surface area contributed by atoms with Gasteiger partial charge in [-0.25, -0.2) is 4.57 Å². The molecule has 0 saturated heterocycles. The van der Waals surface area contributed by atoms with E-state index in [4.69, 9.17) is 13.6 Å². The van der Waals surface area contributed by atoms with Crippen LogP contribution in [0.3, 0.4) is 0 Å². The highest BCUT2D eigenvalue weighted by molar-refractivity contribution is 7.48. The zero-order valence-corrected chi connectivity index (χ0v) is 27.2. The highest BCUT2D eigenvalue weighted by Crippen LogP contribution is 2.51. The lowest BCUT2D eigenvalue weighted by molar-refractivity contribution is -0.124. The van der Waals surface area contributed by atoms with Crippen LogP contribution in [-0.2, 0) is 32.5 Å². The number of benzene rings is 3. The number of nitrogens with one attached hydrogen (secondary N) is 3. The van der Waals surface area contributed by atoms with Crippen molar-refractivity contribution in [1.29, 1.82) is 0 Å². The van der Waals surface area contributed by atoms with E-state index in [1.54, 1.807) is 0 Å². The van der Waals surface area contributed by atoms with Gasteiger partial charge in [-0.15, -0.1) is 0 Å². The van der Waals surface area contributed by atoms with Crippen LogP contribution < -0.4 is 16.0 Å². The molecule has 3 N–H and O–H groups in total. The molecule has 3 atom stereocenters. The monoisotopic (exact) mass is 659 g/mol. The van der Waals surface area contributed by atoms with Crippen LogP contribution in [0.2, 0.25) is 0 Å². The van der Waals surface area contributed by atoms with E-state index in [2.05, 4.69) is 16.0 Å². The van der Waals surface area contributed by atoms with Crippen molar-refractivity contribution in [3.8, 4) is 0 Å². The third-order valence-corrected chi connectivity index (χ3v) is 9.99. The number of carbonyl (C=O) groups excluding carboxylic acids is 3. The van der Waals surface area contributed by atoms with E-state index in [1.807, 2.05) is 91.0 Å². The molecule has 3 aromatic rings. The second-order valence-electron chi connectivity index (χ2n) is 12.6. The molecule has 0 spiro atoms. The molecule has 3 aromatic carbocycles. The Labute approximate surface area is 275 Å². The van der Waals surface area contributed by atoms with Crippen molar-refractivity contribution in [3.05, 3.63) is 108 Å². The van der Waals surface area contributed by atoms with Crippen LogP contribution in [0.4, 0.5) is 0 Å². The van der Waals surface area contributed by atoms with E-state index in [1.165, 1.54) is 0 Å². The Balaban J connectivity index is 1.22. The third kappa shape index (κ3) is 9.84. The molecular formula is C36H42N3O7P. The first-order valence-electron chi connectivity index (χ1n) is 16.5. The maximum atomic E-state index is 14.5. The van der Waals surface area contributed by atoms with Gasteiger partial charge in [0.25, 0.3) is 0 Å². The summed E-state index contributed by atoms with van der Waals surface area (Å²) in [5.74, 6) is -0.370. The number of hydrogen-bond donors (Lipinski definition) is 3. The lowest BCUT2D eigenvalue weighted by atomic mass is 10.1. The van der Waals surface area contributed by atoms with Crippen LogP contribution in [0.15, 0.2) is 91.0 Å². The van der Waals surface area contributed by atoms with E-state index in [9.17, 15) is 18.9 Å². The van der Waals surface area contributed by atoms with Gasteiger partial charge in [-0.2, -0.15) is 0 Å². The summed E-state index contributed by atoms with van der Waals surface area (Å²) in [5.41, 5.74) is 2.35. The number of carbonyl (C=O) groups is 3. The fourth-order valence-corrected chi connectivity index (χ4v) is 6.45. The van der Waals surface area contributed by atoms with Crippen LogP contribution in [-0.4, -0.2) is 37.5 Å². The summed E-state index contributed by atoms with van der Waals surface area (Å²) in [6.07, 6.45) is 5.00. The van der Waals surface area contributed by atoms with E-state index in [0.29, 0.717) is 0 Å². The Morgan fingerprint density at radius 2 is 0.766 bits per heavy atom. The first-order valence-corrected chi connectivity index (χ1v) is 17.9. The molecule has 3 fully saturated rings. The number of rotatable bonds is 18. The number of phosphoric acid groups is 1. The molecule has 10 nitrogen and oxygen atoms in total. The molecule has 0 bridgehead atoms. The van der Waals surface area contributed by atoms with Crippen LogP contribution in [0.5, 0.6) is 0 Å². The van der Waals surface area contributed by atoms with Crippen molar-refractivity contribution in [2.24, 2.45) is 17.8 Å². The predicted octanol–water partition coefficient (Wildman–Crippen LogP) is 5.95. The first kappa shape index (κ1) is 33.1. The molecule has 248 valence electrons. The average Bonchev–Trinajstić information content (AvgIpc) is 3.95. The molecule has 0 radical (unpaired) electrons. The molecule has 0 aromatic heterocycles. The van der Waals surface area contributed by atoms with E-state index >= 15 is 0 Å². The first-order chi connectivity index (χ1) is 22.9. The minimum absolute atomic E-state index is 0.0380. The Kier molecular flexibility index (Phi) is 10.8. The highest BCUT2D eigenvalue weighted by atomic mass is 31.2. The summed E-state index contributed by atoms with van der Waals surface area (Å²) in [6.45, 7) is -0.558. The molecule has 6 rings (SSSR count). The quantitative estimate of drug-likeness (QED) is 0.144. The van der Waals surface area contributed by atoms with Gasteiger partial charge in [0.15, 0.2) is 0 Å². The number of hydrogen-bond acceptors (Lipinski definition) is 7.